The lowest BCUT2D eigenvalue weighted by Crippen LogP contribution is -2.59. The summed E-state index contributed by atoms with van der Waals surface area (Å²) in [5.74, 6) is -2.53. The molecule has 0 radical (unpaired) electrons. The highest BCUT2D eigenvalue weighted by Gasteiger charge is 2.43. The van der Waals surface area contributed by atoms with Gasteiger partial charge < -0.3 is 26.0 Å². The summed E-state index contributed by atoms with van der Waals surface area (Å²) < 4.78 is 5.31. The Labute approximate surface area is 223 Å². The van der Waals surface area contributed by atoms with Gasteiger partial charge in [-0.05, 0) is 51.4 Å². The second-order valence-electron chi connectivity index (χ2n) is 11.2. The molecule has 3 unspecified atom stereocenters. The summed E-state index contributed by atoms with van der Waals surface area (Å²) in [4.78, 5) is 64.0. The number of likely N-dealkylation sites (tertiary alicyclic amines) is 1. The number of ketones is 1. The monoisotopic (exact) mass is 550 g/mol. The number of hydrogen-bond donors (Lipinski definition) is 3. The maximum atomic E-state index is 13.5. The van der Waals surface area contributed by atoms with Gasteiger partial charge in [0.15, 0.2) is 0 Å². The minimum atomic E-state index is -1.09. The van der Waals surface area contributed by atoms with Crippen molar-refractivity contribution in [3.05, 3.63) is 0 Å². The Morgan fingerprint density at radius 3 is 2.00 bits per heavy atom. The van der Waals surface area contributed by atoms with E-state index in [0.717, 1.165) is 12.8 Å². The number of Topliss-reactive ketones (excluding diaryl/α,β-unsaturated/α-hetero) is 1. The highest BCUT2D eigenvalue weighted by Crippen LogP contribution is 2.34. The molecule has 3 atom stereocenters. The summed E-state index contributed by atoms with van der Waals surface area (Å²) in [5.41, 5.74) is 3.79. The van der Waals surface area contributed by atoms with Crippen LogP contribution in [0.4, 0.5) is 4.79 Å². The summed E-state index contributed by atoms with van der Waals surface area (Å²) in [6, 6.07) is -2.71. The number of nitrogens with zero attached hydrogens (tertiary/aromatic N) is 1. The molecule has 2 aliphatic rings. The van der Waals surface area contributed by atoms with Crippen LogP contribution in [0, 0.1) is 11.3 Å². The van der Waals surface area contributed by atoms with Crippen LogP contribution in [-0.2, 0) is 23.9 Å². The SMILES string of the molecule is CC(C)(C)OC(=O)NC(C(=O)N1CCCC1C(=O)NC(CC1CC1)C(=O)C(N)=O)C(C)(C)C.ClCCl. The molecule has 12 heteroatoms. The maximum absolute atomic E-state index is 13.5. The van der Waals surface area contributed by atoms with Crippen molar-refractivity contribution in [2.24, 2.45) is 17.1 Å². The largest absolute Gasteiger partial charge is 0.444 e. The maximum Gasteiger partial charge on any atom is 0.408 e. The summed E-state index contributed by atoms with van der Waals surface area (Å²) in [5, 5.41) is 5.50. The van der Waals surface area contributed by atoms with Gasteiger partial charge in [0, 0.05) is 6.54 Å². The molecule has 4 N–H and O–H groups in total. The third-order valence-corrected chi connectivity index (χ3v) is 5.75. The highest BCUT2D eigenvalue weighted by molar-refractivity contribution is 6.40. The Bertz CT molecular complexity index is 820. The van der Waals surface area contributed by atoms with E-state index in [9.17, 15) is 24.0 Å². The number of amides is 4. The molecular weight excluding hydrogens is 511 g/mol. The molecule has 0 aromatic heterocycles. The van der Waals surface area contributed by atoms with Gasteiger partial charge in [-0.15, -0.1) is 23.2 Å². The average molecular weight is 552 g/mol. The van der Waals surface area contributed by atoms with E-state index in [1.165, 1.54) is 4.90 Å². The van der Waals surface area contributed by atoms with Crippen LogP contribution in [0.5, 0.6) is 0 Å². The zero-order valence-electron chi connectivity index (χ0n) is 22.0. The van der Waals surface area contributed by atoms with Crippen molar-refractivity contribution in [3.8, 4) is 0 Å². The Morgan fingerprint density at radius 2 is 1.56 bits per heavy atom. The van der Waals surface area contributed by atoms with Crippen LogP contribution in [0.15, 0.2) is 0 Å². The molecule has 1 saturated carbocycles. The Kier molecular flexibility index (Phi) is 12.0. The molecule has 10 nitrogen and oxygen atoms in total. The molecule has 0 spiro atoms. The number of nitrogens with one attached hydrogen (secondary N) is 2. The predicted octanol–water partition coefficient (Wildman–Crippen LogP) is 2.68. The molecule has 2 fully saturated rings. The molecule has 1 aliphatic heterocycles. The molecule has 206 valence electrons. The Hall–Kier alpha value is -2.07. The molecule has 2 rings (SSSR count). The number of alkyl halides is 2. The number of carbonyl (C=O) groups is 5. The van der Waals surface area contributed by atoms with Gasteiger partial charge in [0.1, 0.15) is 17.7 Å². The summed E-state index contributed by atoms with van der Waals surface area (Å²) in [6.45, 7) is 11.0. The lowest BCUT2D eigenvalue weighted by molar-refractivity contribution is -0.143. The van der Waals surface area contributed by atoms with E-state index in [1.54, 1.807) is 20.8 Å². The van der Waals surface area contributed by atoms with Crippen molar-refractivity contribution in [2.75, 3.05) is 11.9 Å². The molecule has 0 bridgehead atoms. The minimum absolute atomic E-state index is 0.194. The standard InChI is InChI=1S/C23H38N4O6.CH2Cl2/c1-22(2,3)17(26-21(32)33-23(4,5)6)20(31)27-11-7-8-15(27)19(30)25-14(12-13-9-10-13)16(28)18(24)29;2-1-3/h13-15,17H,7-12H2,1-6H3,(H2,24,29)(H,25,30)(H,26,32);1H2. The number of hydrogen-bond acceptors (Lipinski definition) is 6. The van der Waals surface area contributed by atoms with E-state index >= 15 is 0 Å². The third kappa shape index (κ3) is 10.5. The molecule has 1 heterocycles. The fourth-order valence-electron chi connectivity index (χ4n) is 3.90. The summed E-state index contributed by atoms with van der Waals surface area (Å²) in [7, 11) is 0. The third-order valence-electron chi connectivity index (χ3n) is 5.75. The predicted molar refractivity (Wildman–Crippen MR) is 137 cm³/mol. The van der Waals surface area contributed by atoms with E-state index in [4.69, 9.17) is 33.7 Å². The van der Waals surface area contributed by atoms with Crippen LogP contribution >= 0.6 is 23.2 Å². The Morgan fingerprint density at radius 1 is 1.00 bits per heavy atom. The van der Waals surface area contributed by atoms with E-state index in [-0.39, 0.29) is 11.3 Å². The first kappa shape index (κ1) is 32.0. The van der Waals surface area contributed by atoms with Gasteiger partial charge in [-0.1, -0.05) is 33.6 Å². The number of alkyl carbamates (subject to hydrolysis) is 1. The first-order chi connectivity index (χ1) is 16.5. The minimum Gasteiger partial charge on any atom is -0.444 e. The van der Waals surface area contributed by atoms with Gasteiger partial charge in [0.25, 0.3) is 5.91 Å². The lowest BCUT2D eigenvalue weighted by atomic mass is 9.85. The number of carbonyl (C=O) groups excluding carboxylic acids is 5. The van der Waals surface area contributed by atoms with Crippen LogP contribution in [0.25, 0.3) is 0 Å². The lowest BCUT2D eigenvalue weighted by Gasteiger charge is -2.36. The van der Waals surface area contributed by atoms with Crippen LogP contribution in [0.1, 0.15) is 73.6 Å². The van der Waals surface area contributed by atoms with E-state index in [2.05, 4.69) is 10.6 Å². The molecule has 0 aromatic rings. The van der Waals surface area contributed by atoms with Gasteiger partial charge in [0.05, 0.1) is 11.4 Å². The Balaban J connectivity index is 0.00000205. The number of ether oxygens (including phenoxy) is 1. The number of primary amides is 1. The van der Waals surface area contributed by atoms with Crippen molar-refractivity contribution in [3.63, 3.8) is 0 Å². The molecule has 0 aromatic carbocycles. The van der Waals surface area contributed by atoms with Crippen molar-refractivity contribution < 1.29 is 28.7 Å². The van der Waals surface area contributed by atoms with Gasteiger partial charge in [0.2, 0.25) is 17.6 Å². The highest BCUT2D eigenvalue weighted by atomic mass is 35.5. The van der Waals surface area contributed by atoms with Gasteiger partial charge in [-0.25, -0.2) is 4.79 Å². The molecule has 1 aliphatic carbocycles. The second kappa shape index (κ2) is 13.5. The van der Waals surface area contributed by atoms with Crippen LogP contribution < -0.4 is 16.4 Å². The molecular formula is C24H40Cl2N4O6. The van der Waals surface area contributed by atoms with Crippen LogP contribution in [-0.4, -0.2) is 70.1 Å². The van der Waals surface area contributed by atoms with Gasteiger partial charge in [-0.2, -0.15) is 0 Å². The molecule has 36 heavy (non-hydrogen) atoms. The summed E-state index contributed by atoms with van der Waals surface area (Å²) in [6.07, 6.45) is 2.55. The number of rotatable bonds is 8. The van der Waals surface area contributed by atoms with Gasteiger partial charge >= 0.3 is 6.09 Å². The molecule has 4 amide bonds. The quantitative estimate of drug-likeness (QED) is 0.312. The zero-order chi connectivity index (χ0) is 27.8. The first-order valence-electron chi connectivity index (χ1n) is 12.1. The summed E-state index contributed by atoms with van der Waals surface area (Å²) >= 11 is 9.53. The number of halogens is 2. The van der Waals surface area contributed by atoms with Gasteiger partial charge in [-0.3, -0.25) is 19.2 Å². The number of nitrogens with two attached hydrogens (primary N) is 1. The zero-order valence-corrected chi connectivity index (χ0v) is 23.5. The van der Waals surface area contributed by atoms with Crippen molar-refractivity contribution >= 4 is 52.8 Å². The topological polar surface area (TPSA) is 148 Å². The fourth-order valence-corrected chi connectivity index (χ4v) is 3.90. The van der Waals surface area contributed by atoms with Crippen LogP contribution in [0.2, 0.25) is 0 Å². The van der Waals surface area contributed by atoms with E-state index in [1.807, 2.05) is 20.8 Å². The average Bonchev–Trinajstić information content (AvgIpc) is 3.40. The van der Waals surface area contributed by atoms with Crippen molar-refractivity contribution in [1.29, 1.82) is 0 Å². The second-order valence-corrected chi connectivity index (χ2v) is 12.0. The normalized spacial score (nSPS) is 19.3. The molecule has 1 saturated heterocycles. The fraction of sp³-hybridized carbons (Fsp3) is 0.792. The van der Waals surface area contributed by atoms with Crippen molar-refractivity contribution in [2.45, 2.75) is 97.4 Å². The van der Waals surface area contributed by atoms with E-state index < -0.39 is 58.7 Å². The smallest absolute Gasteiger partial charge is 0.408 e. The first-order valence-corrected chi connectivity index (χ1v) is 13.1. The van der Waals surface area contributed by atoms with Crippen LogP contribution in [0.3, 0.4) is 0 Å². The van der Waals surface area contributed by atoms with Crippen molar-refractivity contribution in [1.82, 2.24) is 15.5 Å². The van der Waals surface area contributed by atoms with E-state index in [0.29, 0.717) is 25.8 Å².